The molecule has 1 saturated heterocycles. The quantitative estimate of drug-likeness (QED) is 0.860. The highest BCUT2D eigenvalue weighted by molar-refractivity contribution is 5.09. The topological polar surface area (TPSA) is 77.8 Å². The first-order chi connectivity index (χ1) is 11.3. The molecule has 2 aliphatic rings. The third-order valence-electron chi connectivity index (χ3n) is 4.97. The van der Waals surface area contributed by atoms with Crippen molar-refractivity contribution in [1.29, 1.82) is 0 Å². The average Bonchev–Trinajstić information content (AvgIpc) is 3.11. The average molecular weight is 315 g/mol. The van der Waals surface area contributed by atoms with Crippen LogP contribution in [0.15, 0.2) is 18.5 Å². The number of hydrogen-bond donors (Lipinski definition) is 1. The number of hydrogen-bond acceptors (Lipinski definition) is 5. The van der Waals surface area contributed by atoms with Gasteiger partial charge in [0.2, 0.25) is 0 Å². The van der Waals surface area contributed by atoms with E-state index in [-0.39, 0.29) is 0 Å². The van der Waals surface area contributed by atoms with Gasteiger partial charge in [-0.1, -0.05) is 0 Å². The van der Waals surface area contributed by atoms with Crippen molar-refractivity contribution in [2.24, 2.45) is 5.73 Å². The summed E-state index contributed by atoms with van der Waals surface area (Å²) in [5.41, 5.74) is 5.67. The van der Waals surface area contributed by atoms with Crippen molar-refractivity contribution in [3.05, 3.63) is 30.1 Å². The van der Waals surface area contributed by atoms with E-state index in [1.807, 2.05) is 23.1 Å². The molecule has 0 aromatic carbocycles. The van der Waals surface area contributed by atoms with Gasteiger partial charge in [-0.05, 0) is 44.8 Å². The largest absolute Gasteiger partial charge is 0.329 e. The fourth-order valence-electron chi connectivity index (χ4n) is 3.59. The highest BCUT2D eigenvalue weighted by Crippen LogP contribution is 2.39. The zero-order valence-corrected chi connectivity index (χ0v) is 13.5. The minimum Gasteiger partial charge on any atom is -0.329 e. The lowest BCUT2D eigenvalue weighted by Gasteiger charge is -2.31. The third kappa shape index (κ3) is 3.16. The number of nitrogens with two attached hydrogens (primary N) is 1. The lowest BCUT2D eigenvalue weighted by atomic mass is 9.96. The molecule has 124 valence electrons. The number of piperidine rings is 1. The zero-order chi connectivity index (χ0) is 15.6. The summed E-state index contributed by atoms with van der Waals surface area (Å²) in [7, 11) is 0. The summed E-state index contributed by atoms with van der Waals surface area (Å²) >= 11 is 0. The highest BCUT2D eigenvalue weighted by atomic mass is 15.3. The van der Waals surface area contributed by atoms with Crippen LogP contribution in [0.5, 0.6) is 0 Å². The second-order valence-electron chi connectivity index (χ2n) is 6.68. The molecule has 1 saturated carbocycles. The Morgan fingerprint density at radius 2 is 1.96 bits per heavy atom. The summed E-state index contributed by atoms with van der Waals surface area (Å²) < 4.78 is 4.33. The molecule has 7 nitrogen and oxygen atoms in total. The predicted octanol–water partition coefficient (Wildman–Crippen LogP) is 0.996. The van der Waals surface area contributed by atoms with E-state index >= 15 is 0 Å². The molecule has 0 spiro atoms. The third-order valence-corrected chi connectivity index (χ3v) is 4.97. The van der Waals surface area contributed by atoms with Crippen LogP contribution in [0.1, 0.15) is 49.3 Å². The minimum absolute atomic E-state index is 0.531. The van der Waals surface area contributed by atoms with Gasteiger partial charge in [-0.3, -0.25) is 4.68 Å². The Morgan fingerprint density at radius 1 is 1.13 bits per heavy atom. The molecule has 23 heavy (non-hydrogen) atoms. The van der Waals surface area contributed by atoms with Crippen LogP contribution < -0.4 is 5.73 Å². The molecule has 0 amide bonds. The molecule has 4 rings (SSSR count). The highest BCUT2D eigenvalue weighted by Gasteiger charge is 2.33. The zero-order valence-electron chi connectivity index (χ0n) is 13.5. The Kier molecular flexibility index (Phi) is 4.13. The van der Waals surface area contributed by atoms with E-state index in [2.05, 4.69) is 24.8 Å². The van der Waals surface area contributed by atoms with Gasteiger partial charge in [-0.2, -0.15) is 5.10 Å². The summed E-state index contributed by atoms with van der Waals surface area (Å²) in [5, 5.41) is 13.4. The second-order valence-corrected chi connectivity index (χ2v) is 6.68. The Labute approximate surface area is 136 Å². The monoisotopic (exact) mass is 315 g/mol. The Bertz CT molecular complexity index is 621. The fourth-order valence-corrected chi connectivity index (χ4v) is 3.59. The van der Waals surface area contributed by atoms with Crippen LogP contribution >= 0.6 is 0 Å². The minimum atomic E-state index is 0.531. The number of rotatable bonds is 6. The van der Waals surface area contributed by atoms with Crippen LogP contribution in [0.25, 0.3) is 0 Å². The normalized spacial score (nSPS) is 20.2. The number of aromatic nitrogens is 5. The van der Waals surface area contributed by atoms with E-state index in [0.29, 0.717) is 18.5 Å². The molecule has 2 N–H and O–H groups in total. The lowest BCUT2D eigenvalue weighted by Crippen LogP contribution is -2.37. The van der Waals surface area contributed by atoms with Gasteiger partial charge in [0, 0.05) is 37.4 Å². The molecule has 2 aromatic rings. The van der Waals surface area contributed by atoms with Crippen LogP contribution in [-0.2, 0) is 6.54 Å². The van der Waals surface area contributed by atoms with Gasteiger partial charge in [0.05, 0.1) is 0 Å². The summed E-state index contributed by atoms with van der Waals surface area (Å²) in [5.74, 6) is 2.78. The number of nitrogens with zero attached hydrogens (tertiary/aromatic N) is 6. The molecule has 0 bridgehead atoms. The maximum atomic E-state index is 5.67. The van der Waals surface area contributed by atoms with Crippen LogP contribution in [-0.4, -0.2) is 55.6 Å². The van der Waals surface area contributed by atoms with Gasteiger partial charge in [0.1, 0.15) is 12.4 Å². The molecular weight excluding hydrogens is 290 g/mol. The van der Waals surface area contributed by atoms with Crippen molar-refractivity contribution < 1.29 is 0 Å². The van der Waals surface area contributed by atoms with E-state index in [1.165, 1.54) is 18.7 Å². The van der Waals surface area contributed by atoms with Crippen molar-refractivity contribution in [3.8, 4) is 0 Å². The molecule has 0 atom stereocenters. The van der Waals surface area contributed by atoms with E-state index in [1.54, 1.807) is 0 Å². The summed E-state index contributed by atoms with van der Waals surface area (Å²) in [6.45, 7) is 4.70. The molecule has 1 aliphatic carbocycles. The smallest absolute Gasteiger partial charge is 0.155 e. The van der Waals surface area contributed by atoms with Gasteiger partial charge in [-0.25, -0.2) is 0 Å². The summed E-state index contributed by atoms with van der Waals surface area (Å²) in [4.78, 5) is 2.46. The molecule has 2 aromatic heterocycles. The second kappa shape index (κ2) is 6.41. The molecule has 0 radical (unpaired) electrons. The molecule has 1 aliphatic heterocycles. The van der Waals surface area contributed by atoms with Crippen LogP contribution in [0.4, 0.5) is 0 Å². The van der Waals surface area contributed by atoms with Crippen molar-refractivity contribution >= 4 is 0 Å². The van der Waals surface area contributed by atoms with Crippen molar-refractivity contribution in [1.82, 2.24) is 29.4 Å². The van der Waals surface area contributed by atoms with Gasteiger partial charge < -0.3 is 15.2 Å². The van der Waals surface area contributed by atoms with E-state index in [9.17, 15) is 0 Å². The van der Waals surface area contributed by atoms with E-state index in [4.69, 9.17) is 5.73 Å². The van der Waals surface area contributed by atoms with Gasteiger partial charge in [0.25, 0.3) is 0 Å². The Morgan fingerprint density at radius 3 is 2.61 bits per heavy atom. The SMILES string of the molecule is NCCN1CCC(c2nnc(Cn3cccn3)n2C2CC2)CC1. The standard InChI is InChI=1S/C16H25N7/c17-6-11-21-9-4-13(5-10-21)16-20-19-15(23(16)14-2-3-14)12-22-8-1-7-18-22/h1,7-8,13-14H,2-6,9-12,17H2. The summed E-state index contributed by atoms with van der Waals surface area (Å²) in [6.07, 6.45) is 8.62. The van der Waals surface area contributed by atoms with E-state index in [0.717, 1.165) is 44.8 Å². The van der Waals surface area contributed by atoms with Gasteiger partial charge >= 0.3 is 0 Å². The molecular formula is C16H25N7. The maximum absolute atomic E-state index is 5.67. The predicted molar refractivity (Wildman–Crippen MR) is 87.1 cm³/mol. The number of likely N-dealkylation sites (tertiary alicyclic amines) is 1. The first-order valence-corrected chi connectivity index (χ1v) is 8.68. The lowest BCUT2D eigenvalue weighted by molar-refractivity contribution is 0.212. The molecule has 3 heterocycles. The first kappa shape index (κ1) is 14.8. The molecule has 0 unspecified atom stereocenters. The fraction of sp³-hybridized carbons (Fsp3) is 0.688. The van der Waals surface area contributed by atoms with Crippen molar-refractivity contribution in [2.75, 3.05) is 26.2 Å². The van der Waals surface area contributed by atoms with Crippen molar-refractivity contribution in [3.63, 3.8) is 0 Å². The van der Waals surface area contributed by atoms with Crippen molar-refractivity contribution in [2.45, 2.75) is 44.2 Å². The summed E-state index contributed by atoms with van der Waals surface area (Å²) in [6, 6.07) is 2.55. The molecule has 7 heteroatoms. The maximum Gasteiger partial charge on any atom is 0.155 e. The van der Waals surface area contributed by atoms with Crippen LogP contribution in [0.3, 0.4) is 0 Å². The van der Waals surface area contributed by atoms with Crippen LogP contribution in [0, 0.1) is 0 Å². The van der Waals surface area contributed by atoms with Crippen LogP contribution in [0.2, 0.25) is 0 Å². The molecule has 2 fully saturated rings. The van der Waals surface area contributed by atoms with E-state index < -0.39 is 0 Å². The first-order valence-electron chi connectivity index (χ1n) is 8.68. The Hall–Kier alpha value is -1.73. The van der Waals surface area contributed by atoms with Gasteiger partial charge in [0.15, 0.2) is 5.82 Å². The van der Waals surface area contributed by atoms with Gasteiger partial charge in [-0.15, -0.1) is 10.2 Å². The Balaban J connectivity index is 1.51.